The molecule has 0 aromatic heterocycles. The Balaban J connectivity index is 1.59. The molecule has 0 atom stereocenters. The summed E-state index contributed by atoms with van der Waals surface area (Å²) in [6.07, 6.45) is 3.85. The number of nitrogens with zero attached hydrogens (tertiary/aromatic N) is 2. The molecule has 1 aromatic rings. The zero-order valence-electron chi connectivity index (χ0n) is 14.0. The maximum atomic E-state index is 11.6. The fourth-order valence-electron chi connectivity index (χ4n) is 2.23. The van der Waals surface area contributed by atoms with Crippen molar-refractivity contribution in [2.75, 3.05) is 0 Å². The average Bonchev–Trinajstić information content (AvgIpc) is 3.48. The summed E-state index contributed by atoms with van der Waals surface area (Å²) in [5, 5.41) is 8.29. The SMILES string of the molecule is C/C(=N\NC(=O)C1CC1)c1ccc(/C(C)=N/NC(=O)C2CC2)cc1. The van der Waals surface area contributed by atoms with Crippen molar-refractivity contribution in [3.63, 3.8) is 0 Å². The number of hydrogen-bond donors (Lipinski definition) is 2. The third-order valence-corrected chi connectivity index (χ3v) is 4.28. The largest absolute Gasteiger partial charge is 0.273 e. The highest BCUT2D eigenvalue weighted by Crippen LogP contribution is 2.29. The van der Waals surface area contributed by atoms with Crippen LogP contribution >= 0.6 is 0 Å². The first-order chi connectivity index (χ1) is 11.5. The molecule has 0 unspecified atom stereocenters. The minimum Gasteiger partial charge on any atom is -0.273 e. The molecule has 1 aromatic carbocycles. The number of rotatable bonds is 6. The predicted molar refractivity (Wildman–Crippen MR) is 92.6 cm³/mol. The Kier molecular flexibility index (Phi) is 4.74. The van der Waals surface area contributed by atoms with Gasteiger partial charge in [-0.25, -0.2) is 10.9 Å². The summed E-state index contributed by atoms with van der Waals surface area (Å²) in [4.78, 5) is 23.2. The van der Waals surface area contributed by atoms with E-state index in [0.29, 0.717) is 0 Å². The van der Waals surface area contributed by atoms with Crippen LogP contribution in [-0.2, 0) is 9.59 Å². The van der Waals surface area contributed by atoms with Crippen LogP contribution in [0.4, 0.5) is 0 Å². The molecule has 6 nitrogen and oxygen atoms in total. The van der Waals surface area contributed by atoms with Crippen molar-refractivity contribution < 1.29 is 9.59 Å². The molecule has 2 aliphatic rings. The second-order valence-corrected chi connectivity index (χ2v) is 6.47. The lowest BCUT2D eigenvalue weighted by atomic mass is 10.1. The predicted octanol–water partition coefficient (Wildman–Crippen LogP) is 2.19. The van der Waals surface area contributed by atoms with Crippen molar-refractivity contribution in [3.05, 3.63) is 35.4 Å². The van der Waals surface area contributed by atoms with E-state index >= 15 is 0 Å². The van der Waals surface area contributed by atoms with Crippen LogP contribution in [0.2, 0.25) is 0 Å². The average molecular weight is 326 g/mol. The summed E-state index contributed by atoms with van der Waals surface area (Å²) < 4.78 is 0. The van der Waals surface area contributed by atoms with Crippen molar-refractivity contribution >= 4 is 23.2 Å². The number of nitrogens with one attached hydrogen (secondary N) is 2. The van der Waals surface area contributed by atoms with Crippen LogP contribution in [-0.4, -0.2) is 23.2 Å². The standard InChI is InChI=1S/C18H22N4O2/c1-11(19-21-17(23)15-7-8-15)13-3-5-14(6-4-13)12(2)20-22-18(24)16-9-10-16/h3-6,15-16H,7-10H2,1-2H3,(H,21,23)(H,22,24)/b19-11+,20-12+. The Labute approximate surface area is 141 Å². The van der Waals surface area contributed by atoms with Gasteiger partial charge in [0.25, 0.3) is 0 Å². The van der Waals surface area contributed by atoms with Gasteiger partial charge in [0.2, 0.25) is 11.8 Å². The van der Waals surface area contributed by atoms with Gasteiger partial charge >= 0.3 is 0 Å². The molecule has 2 aliphatic carbocycles. The van der Waals surface area contributed by atoms with Gasteiger partial charge in [-0.15, -0.1) is 0 Å². The third-order valence-electron chi connectivity index (χ3n) is 4.28. The van der Waals surface area contributed by atoms with Gasteiger partial charge in [0.1, 0.15) is 0 Å². The van der Waals surface area contributed by atoms with Crippen molar-refractivity contribution in [2.24, 2.45) is 22.0 Å². The first-order valence-electron chi connectivity index (χ1n) is 8.33. The van der Waals surface area contributed by atoms with Gasteiger partial charge in [-0.1, -0.05) is 24.3 Å². The third kappa shape index (κ3) is 4.28. The molecule has 2 fully saturated rings. The fraction of sp³-hybridized carbons (Fsp3) is 0.444. The monoisotopic (exact) mass is 326 g/mol. The van der Waals surface area contributed by atoms with Crippen LogP contribution in [0.3, 0.4) is 0 Å². The first kappa shape index (κ1) is 16.4. The second kappa shape index (κ2) is 6.95. The van der Waals surface area contributed by atoms with E-state index in [-0.39, 0.29) is 23.7 Å². The number of carbonyl (C=O) groups is 2. The summed E-state index contributed by atoms with van der Waals surface area (Å²) in [7, 11) is 0. The lowest BCUT2D eigenvalue weighted by molar-refractivity contribution is -0.123. The van der Waals surface area contributed by atoms with Gasteiger partial charge in [-0.3, -0.25) is 9.59 Å². The van der Waals surface area contributed by atoms with E-state index in [1.807, 2.05) is 38.1 Å². The maximum Gasteiger partial charge on any atom is 0.243 e. The van der Waals surface area contributed by atoms with E-state index in [4.69, 9.17) is 0 Å². The number of benzene rings is 1. The molecule has 6 heteroatoms. The summed E-state index contributed by atoms with van der Waals surface area (Å²) >= 11 is 0. The molecule has 0 radical (unpaired) electrons. The Morgan fingerprint density at radius 1 is 0.792 bits per heavy atom. The van der Waals surface area contributed by atoms with Gasteiger partial charge in [0.15, 0.2) is 0 Å². The van der Waals surface area contributed by atoms with Crippen LogP contribution in [0.5, 0.6) is 0 Å². The summed E-state index contributed by atoms with van der Waals surface area (Å²) in [6, 6.07) is 7.72. The molecule has 3 rings (SSSR count). The van der Waals surface area contributed by atoms with Crippen LogP contribution in [0.1, 0.15) is 50.7 Å². The molecule has 0 spiro atoms. The molecule has 0 heterocycles. The molecule has 2 amide bonds. The van der Waals surface area contributed by atoms with Gasteiger partial charge in [-0.2, -0.15) is 10.2 Å². The van der Waals surface area contributed by atoms with Crippen LogP contribution < -0.4 is 10.9 Å². The molecule has 0 aliphatic heterocycles. The number of carbonyl (C=O) groups excluding carboxylic acids is 2. The topological polar surface area (TPSA) is 82.9 Å². The number of hydrazone groups is 2. The van der Waals surface area contributed by atoms with E-state index < -0.39 is 0 Å². The summed E-state index contributed by atoms with van der Waals surface area (Å²) in [5.41, 5.74) is 8.60. The number of hydrogen-bond acceptors (Lipinski definition) is 4. The van der Waals surface area contributed by atoms with Gasteiger partial charge in [-0.05, 0) is 50.7 Å². The van der Waals surface area contributed by atoms with Crippen LogP contribution in [0.15, 0.2) is 34.5 Å². The molecule has 2 N–H and O–H groups in total. The Morgan fingerprint density at radius 3 is 1.42 bits per heavy atom. The Bertz CT molecular complexity index is 637. The lowest BCUT2D eigenvalue weighted by Gasteiger charge is -2.05. The molecule has 0 saturated heterocycles. The van der Waals surface area contributed by atoms with E-state index in [1.165, 1.54) is 0 Å². The minimum absolute atomic E-state index is 0.000326. The first-order valence-corrected chi connectivity index (χ1v) is 8.33. The highest BCUT2D eigenvalue weighted by atomic mass is 16.2. The van der Waals surface area contributed by atoms with Crippen molar-refractivity contribution in [1.82, 2.24) is 10.9 Å². The van der Waals surface area contributed by atoms with Crippen LogP contribution in [0, 0.1) is 11.8 Å². The molecule has 126 valence electrons. The van der Waals surface area contributed by atoms with E-state index in [0.717, 1.165) is 48.2 Å². The molecule has 0 bridgehead atoms. The van der Waals surface area contributed by atoms with Gasteiger partial charge in [0.05, 0.1) is 11.4 Å². The van der Waals surface area contributed by atoms with Crippen molar-refractivity contribution in [1.29, 1.82) is 0 Å². The zero-order chi connectivity index (χ0) is 17.1. The second-order valence-electron chi connectivity index (χ2n) is 6.47. The minimum atomic E-state index is 0.000326. The van der Waals surface area contributed by atoms with Gasteiger partial charge < -0.3 is 0 Å². The van der Waals surface area contributed by atoms with E-state index in [9.17, 15) is 9.59 Å². The highest BCUT2D eigenvalue weighted by molar-refractivity contribution is 6.02. The van der Waals surface area contributed by atoms with Crippen molar-refractivity contribution in [2.45, 2.75) is 39.5 Å². The van der Waals surface area contributed by atoms with Crippen molar-refractivity contribution in [3.8, 4) is 0 Å². The quantitative estimate of drug-likeness (QED) is 0.620. The van der Waals surface area contributed by atoms with E-state index in [2.05, 4.69) is 21.1 Å². The Hall–Kier alpha value is -2.50. The van der Waals surface area contributed by atoms with Crippen LogP contribution in [0.25, 0.3) is 0 Å². The van der Waals surface area contributed by atoms with E-state index in [1.54, 1.807) is 0 Å². The normalized spacial score (nSPS) is 18.2. The van der Waals surface area contributed by atoms with Gasteiger partial charge in [0, 0.05) is 11.8 Å². The lowest BCUT2D eigenvalue weighted by Crippen LogP contribution is -2.21. The Morgan fingerprint density at radius 2 is 1.12 bits per heavy atom. The highest BCUT2D eigenvalue weighted by Gasteiger charge is 2.30. The zero-order valence-corrected chi connectivity index (χ0v) is 14.0. The smallest absolute Gasteiger partial charge is 0.243 e. The molecule has 24 heavy (non-hydrogen) atoms. The molecular formula is C18H22N4O2. The molecular weight excluding hydrogens is 304 g/mol. The molecule has 2 saturated carbocycles. The maximum absolute atomic E-state index is 11.6. The summed E-state index contributed by atoms with van der Waals surface area (Å²) in [5.74, 6) is 0.294. The number of amides is 2. The fourth-order valence-corrected chi connectivity index (χ4v) is 2.23. The summed E-state index contributed by atoms with van der Waals surface area (Å²) in [6.45, 7) is 3.72.